The van der Waals surface area contributed by atoms with Crippen molar-refractivity contribution in [1.29, 1.82) is 0 Å². The van der Waals surface area contributed by atoms with E-state index in [0.717, 1.165) is 21.9 Å². The first-order valence-electron chi connectivity index (χ1n) is 9.53. The number of rotatable bonds is 6. The third kappa shape index (κ3) is 5.17. The molecule has 2 aromatic rings. The molecule has 0 radical (unpaired) electrons. The molecule has 9 heteroatoms. The van der Waals surface area contributed by atoms with Crippen molar-refractivity contribution >= 4 is 21.6 Å². The maximum Gasteiger partial charge on any atom is 0.255 e. The van der Waals surface area contributed by atoms with E-state index in [0.29, 0.717) is 30.4 Å². The van der Waals surface area contributed by atoms with Crippen molar-refractivity contribution < 1.29 is 22.7 Å². The highest BCUT2D eigenvalue weighted by Gasteiger charge is 2.22. The van der Waals surface area contributed by atoms with Crippen LogP contribution in [0.1, 0.15) is 24.5 Å². The molecule has 1 aliphatic heterocycles. The number of nitrogens with zero attached hydrogens (tertiary/aromatic N) is 2. The summed E-state index contributed by atoms with van der Waals surface area (Å²) in [7, 11) is -2.41. The number of ether oxygens (including phenoxy) is 2. The monoisotopic (exact) mass is 431 g/mol. The Morgan fingerprint density at radius 3 is 2.47 bits per heavy atom. The Labute approximate surface area is 176 Å². The molecule has 0 spiro atoms. The number of carbonyl (C=O) groups is 1. The molecule has 0 aromatic heterocycles. The quantitative estimate of drug-likeness (QED) is 0.559. The molecule has 0 saturated carbocycles. The highest BCUT2D eigenvalue weighted by molar-refractivity contribution is 7.89. The van der Waals surface area contributed by atoms with Crippen LogP contribution in [-0.2, 0) is 14.8 Å². The van der Waals surface area contributed by atoms with E-state index in [9.17, 15) is 13.2 Å². The lowest BCUT2D eigenvalue weighted by Crippen LogP contribution is -2.36. The smallest absolute Gasteiger partial charge is 0.255 e. The van der Waals surface area contributed by atoms with Crippen LogP contribution in [0, 0.1) is 6.92 Å². The molecule has 1 heterocycles. The average molecular weight is 432 g/mol. The molecule has 1 amide bonds. The lowest BCUT2D eigenvalue weighted by molar-refractivity contribution is -0.121. The summed E-state index contributed by atoms with van der Waals surface area (Å²) in [4.78, 5) is 12.4. The van der Waals surface area contributed by atoms with Gasteiger partial charge in [-0.15, -0.1) is 0 Å². The number of likely N-dealkylation sites (N-methyl/N-ethyl adjacent to an activating group) is 1. The molecule has 30 heavy (non-hydrogen) atoms. The minimum absolute atomic E-state index is 0.135. The van der Waals surface area contributed by atoms with Crippen molar-refractivity contribution in [2.75, 3.05) is 26.8 Å². The fourth-order valence-electron chi connectivity index (χ4n) is 2.81. The summed E-state index contributed by atoms with van der Waals surface area (Å²) >= 11 is 0. The number of nitrogens with one attached hydrogen (secondary N) is 1. The zero-order chi connectivity index (χ0) is 21.7. The van der Waals surface area contributed by atoms with Gasteiger partial charge in [0.05, 0.1) is 30.4 Å². The van der Waals surface area contributed by atoms with Gasteiger partial charge in [0.15, 0.2) is 11.5 Å². The number of carbonyl (C=O) groups excluding carboxylic acids is 1. The standard InChI is InChI=1S/C21H25N3O5S/c1-15-5-8-18(9-6-15)30(26,27)24(3)14-21(25)23-22-16(2)17-7-10-19-20(13-17)29-12-4-11-28-19/h5-10,13H,4,11-12,14H2,1-3H3,(H,23,25). The molecule has 3 rings (SSSR count). The first-order chi connectivity index (χ1) is 14.3. The SMILES string of the molecule is CC(=NNC(=O)CN(C)S(=O)(=O)c1ccc(C)cc1)c1ccc2c(c1)OCCCO2. The molecule has 1 N–H and O–H groups in total. The first-order valence-corrected chi connectivity index (χ1v) is 11.0. The Kier molecular flexibility index (Phi) is 6.73. The fraction of sp³-hybridized carbons (Fsp3) is 0.333. The average Bonchev–Trinajstić information content (AvgIpc) is 2.97. The van der Waals surface area contributed by atoms with E-state index >= 15 is 0 Å². The van der Waals surface area contributed by atoms with Crippen molar-refractivity contribution in [1.82, 2.24) is 9.73 Å². The number of fused-ring (bicyclic) bond motifs is 1. The van der Waals surface area contributed by atoms with Crippen LogP contribution < -0.4 is 14.9 Å². The zero-order valence-corrected chi connectivity index (χ0v) is 18.0. The van der Waals surface area contributed by atoms with Gasteiger partial charge in [-0.2, -0.15) is 9.41 Å². The Hall–Kier alpha value is -2.91. The highest BCUT2D eigenvalue weighted by Crippen LogP contribution is 2.30. The molecular weight excluding hydrogens is 406 g/mol. The van der Waals surface area contributed by atoms with Crippen molar-refractivity contribution in [3.8, 4) is 11.5 Å². The van der Waals surface area contributed by atoms with Gasteiger partial charge >= 0.3 is 0 Å². The minimum Gasteiger partial charge on any atom is -0.490 e. The summed E-state index contributed by atoms with van der Waals surface area (Å²) < 4.78 is 37.4. The van der Waals surface area contributed by atoms with Gasteiger partial charge in [-0.05, 0) is 44.2 Å². The second-order valence-corrected chi connectivity index (χ2v) is 9.06. The summed E-state index contributed by atoms with van der Waals surface area (Å²) in [5.74, 6) is 0.771. The van der Waals surface area contributed by atoms with E-state index in [-0.39, 0.29) is 11.4 Å². The van der Waals surface area contributed by atoms with Gasteiger partial charge in [0.25, 0.3) is 5.91 Å². The molecule has 0 fully saturated rings. The maximum atomic E-state index is 12.6. The number of hydrazone groups is 1. The van der Waals surface area contributed by atoms with E-state index in [2.05, 4.69) is 10.5 Å². The van der Waals surface area contributed by atoms with Crippen LogP contribution >= 0.6 is 0 Å². The largest absolute Gasteiger partial charge is 0.490 e. The van der Waals surface area contributed by atoms with Gasteiger partial charge in [0.2, 0.25) is 10.0 Å². The molecule has 0 saturated heterocycles. The minimum atomic E-state index is -3.76. The van der Waals surface area contributed by atoms with Crippen LogP contribution in [0.25, 0.3) is 0 Å². The Morgan fingerprint density at radius 1 is 1.10 bits per heavy atom. The van der Waals surface area contributed by atoms with Crippen LogP contribution in [-0.4, -0.2) is 51.1 Å². The number of hydrogen-bond donors (Lipinski definition) is 1. The second-order valence-electron chi connectivity index (χ2n) is 7.02. The summed E-state index contributed by atoms with van der Waals surface area (Å²) in [5.41, 5.74) is 4.68. The van der Waals surface area contributed by atoms with Gasteiger partial charge in [-0.3, -0.25) is 4.79 Å². The van der Waals surface area contributed by atoms with Crippen LogP contribution in [0.3, 0.4) is 0 Å². The van der Waals surface area contributed by atoms with Gasteiger partial charge in [-0.25, -0.2) is 13.8 Å². The van der Waals surface area contributed by atoms with Crippen LogP contribution in [0.15, 0.2) is 52.5 Å². The zero-order valence-electron chi connectivity index (χ0n) is 17.2. The Morgan fingerprint density at radius 2 is 1.77 bits per heavy atom. The van der Waals surface area contributed by atoms with Crippen molar-refractivity contribution in [3.05, 3.63) is 53.6 Å². The van der Waals surface area contributed by atoms with Crippen molar-refractivity contribution in [2.45, 2.75) is 25.2 Å². The van der Waals surface area contributed by atoms with Crippen molar-refractivity contribution in [3.63, 3.8) is 0 Å². The molecule has 1 aliphatic rings. The van der Waals surface area contributed by atoms with Gasteiger partial charge in [0, 0.05) is 19.0 Å². The maximum absolute atomic E-state index is 12.6. The molecule has 0 aliphatic carbocycles. The van der Waals surface area contributed by atoms with E-state index in [1.165, 1.54) is 19.2 Å². The van der Waals surface area contributed by atoms with Gasteiger partial charge in [-0.1, -0.05) is 17.7 Å². The predicted octanol–water partition coefficient (Wildman–Crippen LogP) is 2.32. The Bertz CT molecular complexity index is 1050. The van der Waals surface area contributed by atoms with E-state index in [4.69, 9.17) is 9.47 Å². The summed E-state index contributed by atoms with van der Waals surface area (Å²) in [6.45, 7) is 4.44. The first kappa shape index (κ1) is 21.8. The lowest BCUT2D eigenvalue weighted by Gasteiger charge is -2.16. The summed E-state index contributed by atoms with van der Waals surface area (Å²) in [6.07, 6.45) is 0.812. The predicted molar refractivity (Wildman–Crippen MR) is 113 cm³/mol. The normalized spacial score (nSPS) is 14.3. The molecule has 160 valence electrons. The number of sulfonamides is 1. The number of amides is 1. The van der Waals surface area contributed by atoms with E-state index < -0.39 is 15.9 Å². The third-order valence-corrected chi connectivity index (χ3v) is 6.43. The number of hydrogen-bond acceptors (Lipinski definition) is 6. The van der Waals surface area contributed by atoms with Crippen LogP contribution in [0.2, 0.25) is 0 Å². The third-order valence-electron chi connectivity index (χ3n) is 4.61. The Balaban J connectivity index is 1.63. The highest BCUT2D eigenvalue weighted by atomic mass is 32.2. The summed E-state index contributed by atoms with van der Waals surface area (Å²) in [5, 5.41) is 4.09. The second kappa shape index (κ2) is 9.27. The topological polar surface area (TPSA) is 97.3 Å². The van der Waals surface area contributed by atoms with Gasteiger partial charge in [0.1, 0.15) is 0 Å². The number of benzene rings is 2. The molecule has 0 unspecified atom stereocenters. The molecule has 0 atom stereocenters. The fourth-order valence-corrected chi connectivity index (χ4v) is 3.94. The molecular formula is C21H25N3O5S. The van der Waals surface area contributed by atoms with E-state index in [1.807, 2.05) is 13.0 Å². The van der Waals surface area contributed by atoms with Crippen LogP contribution in [0.4, 0.5) is 0 Å². The molecule has 2 aromatic carbocycles. The summed E-state index contributed by atoms with van der Waals surface area (Å²) in [6, 6.07) is 11.9. The molecule has 8 nitrogen and oxygen atoms in total. The van der Waals surface area contributed by atoms with Crippen molar-refractivity contribution in [2.24, 2.45) is 5.10 Å². The molecule has 0 bridgehead atoms. The van der Waals surface area contributed by atoms with E-state index in [1.54, 1.807) is 31.2 Å². The van der Waals surface area contributed by atoms with Crippen LogP contribution in [0.5, 0.6) is 11.5 Å². The van der Waals surface area contributed by atoms with Gasteiger partial charge < -0.3 is 9.47 Å². The lowest BCUT2D eigenvalue weighted by atomic mass is 10.1. The number of aryl methyl sites for hydroxylation is 1.